The molecule has 6 N–H and O–H groups in total. The molecule has 1 unspecified atom stereocenters. The molecule has 0 saturated heterocycles. The molecule has 0 aliphatic heterocycles. The Morgan fingerprint density at radius 1 is 1.19 bits per heavy atom. The quantitative estimate of drug-likeness (QED) is 0.349. The zero-order chi connectivity index (χ0) is 27.5. The van der Waals surface area contributed by atoms with E-state index in [4.69, 9.17) is 16.2 Å². The maximum Gasteiger partial charge on any atom is 0.270 e. The number of phenolic OH excluding ortho intramolecular Hbond substituents is 1. The van der Waals surface area contributed by atoms with Crippen molar-refractivity contribution in [3.63, 3.8) is 0 Å². The molecule has 0 radical (unpaired) electrons. The highest BCUT2D eigenvalue weighted by molar-refractivity contribution is 7.09. The number of nitrogens with zero attached hydrogens (tertiary/aromatic N) is 2. The normalized spacial score (nSPS) is 12.0. The first-order chi connectivity index (χ1) is 17.3. The number of anilines is 1. The molecule has 196 valence electrons. The lowest BCUT2D eigenvalue weighted by atomic mass is 10.00. The summed E-state index contributed by atoms with van der Waals surface area (Å²) in [6.07, 6.45) is 0. The number of nitrogens with two attached hydrogens (primary N) is 2. The minimum atomic E-state index is -1.25. The van der Waals surface area contributed by atoms with Gasteiger partial charge in [0.1, 0.15) is 16.7 Å². The fourth-order valence-electron chi connectivity index (χ4n) is 3.60. The van der Waals surface area contributed by atoms with Gasteiger partial charge in [0.15, 0.2) is 17.2 Å². The highest BCUT2D eigenvalue weighted by Crippen LogP contribution is 2.34. The largest absolute Gasteiger partial charge is 0.504 e. The minimum Gasteiger partial charge on any atom is -0.504 e. The van der Waals surface area contributed by atoms with Crippen molar-refractivity contribution in [2.24, 2.45) is 5.73 Å². The molecule has 2 aromatic carbocycles. The number of benzene rings is 2. The number of methoxy groups -OCH3 is 1. The van der Waals surface area contributed by atoms with E-state index in [1.165, 1.54) is 54.5 Å². The Bertz CT molecular complexity index is 1320. The van der Waals surface area contributed by atoms with Gasteiger partial charge < -0.3 is 31.5 Å². The van der Waals surface area contributed by atoms with Crippen molar-refractivity contribution in [1.82, 2.24) is 14.6 Å². The van der Waals surface area contributed by atoms with E-state index in [2.05, 4.69) is 9.69 Å². The number of hydrogen-bond acceptors (Lipinski definition) is 8. The monoisotopic (exact) mass is 529 g/mol. The maximum absolute atomic E-state index is 13.9. The highest BCUT2D eigenvalue weighted by Gasteiger charge is 2.36. The number of primary amides is 1. The number of carbonyl (C=O) groups excluding carboxylic acids is 3. The van der Waals surface area contributed by atoms with Crippen molar-refractivity contribution >= 4 is 34.9 Å². The van der Waals surface area contributed by atoms with Gasteiger partial charge in [0.25, 0.3) is 11.8 Å². The van der Waals surface area contributed by atoms with Crippen molar-refractivity contribution in [1.29, 1.82) is 0 Å². The van der Waals surface area contributed by atoms with Gasteiger partial charge in [-0.3, -0.25) is 14.4 Å². The van der Waals surface area contributed by atoms with Crippen LogP contribution in [0.15, 0.2) is 42.5 Å². The molecule has 1 heterocycles. The van der Waals surface area contributed by atoms with Crippen LogP contribution < -0.4 is 21.5 Å². The average Bonchev–Trinajstić information content (AvgIpc) is 3.20. The van der Waals surface area contributed by atoms with Crippen LogP contribution in [-0.4, -0.2) is 44.8 Å². The van der Waals surface area contributed by atoms with Crippen LogP contribution in [0.2, 0.25) is 0 Å². The summed E-state index contributed by atoms with van der Waals surface area (Å²) in [4.78, 5) is 40.4. The first kappa shape index (κ1) is 27.4. The topological polar surface area (TPSA) is 161 Å². The number of carbonyl (C=O) groups is 3. The summed E-state index contributed by atoms with van der Waals surface area (Å²) in [7, 11) is 1.36. The Labute approximate surface area is 217 Å². The molecule has 1 atom stereocenters. The number of hydrogen-bond donors (Lipinski definition) is 4. The smallest absolute Gasteiger partial charge is 0.270 e. The lowest BCUT2D eigenvalue weighted by Crippen LogP contribution is -2.49. The summed E-state index contributed by atoms with van der Waals surface area (Å²) in [6.45, 7) is 5.22. The lowest BCUT2D eigenvalue weighted by molar-refractivity contribution is -0.127. The molecular formula is C25H28FN5O5S. The van der Waals surface area contributed by atoms with Gasteiger partial charge in [-0.25, -0.2) is 4.39 Å². The highest BCUT2D eigenvalue weighted by atomic mass is 32.1. The van der Waals surface area contributed by atoms with Gasteiger partial charge in [-0.1, -0.05) is 18.2 Å². The Hall–Kier alpha value is -4.19. The zero-order valence-electron chi connectivity index (χ0n) is 20.7. The van der Waals surface area contributed by atoms with Gasteiger partial charge in [-0.15, -0.1) is 0 Å². The summed E-state index contributed by atoms with van der Waals surface area (Å²) < 4.78 is 22.7. The predicted octanol–water partition coefficient (Wildman–Crippen LogP) is 2.98. The van der Waals surface area contributed by atoms with E-state index >= 15 is 0 Å². The van der Waals surface area contributed by atoms with E-state index < -0.39 is 35.1 Å². The van der Waals surface area contributed by atoms with Crippen molar-refractivity contribution in [2.75, 3.05) is 12.8 Å². The Balaban J connectivity index is 2.21. The third-order valence-corrected chi connectivity index (χ3v) is 6.11. The number of ether oxygens (including phenoxy) is 1. The van der Waals surface area contributed by atoms with Gasteiger partial charge in [-0.2, -0.15) is 4.37 Å². The summed E-state index contributed by atoms with van der Waals surface area (Å²) >= 11 is 0.678. The molecule has 0 fully saturated rings. The third-order valence-electron chi connectivity index (χ3n) is 5.26. The molecule has 0 aliphatic rings. The first-order valence-corrected chi connectivity index (χ1v) is 11.9. The number of amides is 3. The summed E-state index contributed by atoms with van der Waals surface area (Å²) in [5, 5.41) is 13.0. The number of aromatic nitrogens is 1. The fraction of sp³-hybridized carbons (Fsp3) is 0.280. The van der Waals surface area contributed by atoms with Crippen LogP contribution in [0, 0.1) is 5.82 Å². The Kier molecular flexibility index (Phi) is 8.02. The van der Waals surface area contributed by atoms with Crippen LogP contribution in [0.4, 0.5) is 10.1 Å². The van der Waals surface area contributed by atoms with Gasteiger partial charge in [0.2, 0.25) is 5.91 Å². The van der Waals surface area contributed by atoms with Crippen LogP contribution in [0.5, 0.6) is 11.5 Å². The van der Waals surface area contributed by atoms with E-state index in [0.29, 0.717) is 22.7 Å². The third kappa shape index (κ3) is 6.33. The van der Waals surface area contributed by atoms with Crippen LogP contribution in [0.1, 0.15) is 58.1 Å². The molecule has 0 saturated carbocycles. The number of halogens is 1. The van der Waals surface area contributed by atoms with Gasteiger partial charge in [0, 0.05) is 12.1 Å². The van der Waals surface area contributed by atoms with Crippen molar-refractivity contribution in [2.45, 2.75) is 38.9 Å². The molecule has 3 rings (SSSR count). The van der Waals surface area contributed by atoms with E-state index in [1.54, 1.807) is 20.8 Å². The molecule has 12 heteroatoms. The second kappa shape index (κ2) is 10.8. The number of nitrogen functional groups attached to an aromatic ring is 1. The van der Waals surface area contributed by atoms with E-state index in [-0.39, 0.29) is 34.3 Å². The van der Waals surface area contributed by atoms with Gasteiger partial charge in [0.05, 0.1) is 12.8 Å². The number of aromatic hydroxyl groups is 1. The Morgan fingerprint density at radius 2 is 1.84 bits per heavy atom. The molecule has 0 spiro atoms. The standard InChI is InChI=1S/C25H28FN5O5S/c1-25(2,3)29-23(34)20(14-7-10-16(32)17(11-14)36-4)31(12-13-5-8-15(26)9-6-13)24(35)21-18(27)19(22(28)33)30-37-21/h5-11,20,32H,12,27H2,1-4H3,(H2,28,33)(H,29,34). The SMILES string of the molecule is COc1cc(C(C(=O)NC(C)(C)C)N(Cc2ccc(F)cc2)C(=O)c2snc(C(N)=O)c2N)ccc1O. The molecule has 0 bridgehead atoms. The van der Waals surface area contributed by atoms with E-state index in [0.717, 1.165) is 0 Å². The van der Waals surface area contributed by atoms with E-state index in [9.17, 15) is 23.9 Å². The van der Waals surface area contributed by atoms with Crippen molar-refractivity contribution in [3.05, 3.63) is 70.0 Å². The number of nitrogens with one attached hydrogen (secondary N) is 1. The predicted molar refractivity (Wildman–Crippen MR) is 137 cm³/mol. The molecule has 0 aliphatic carbocycles. The van der Waals surface area contributed by atoms with Crippen molar-refractivity contribution in [3.8, 4) is 11.5 Å². The van der Waals surface area contributed by atoms with Gasteiger partial charge >= 0.3 is 0 Å². The van der Waals surface area contributed by atoms with Crippen LogP contribution in [0.3, 0.4) is 0 Å². The van der Waals surface area contributed by atoms with E-state index in [1.807, 2.05) is 0 Å². The minimum absolute atomic E-state index is 0.0878. The fourth-order valence-corrected chi connectivity index (χ4v) is 4.36. The number of rotatable bonds is 8. The summed E-state index contributed by atoms with van der Waals surface area (Å²) in [5.74, 6) is -2.67. The second-order valence-electron chi connectivity index (χ2n) is 9.27. The number of phenols is 1. The van der Waals surface area contributed by atoms with Crippen molar-refractivity contribution < 1.29 is 28.6 Å². The molecule has 3 amide bonds. The molecule has 10 nitrogen and oxygen atoms in total. The molecular weight excluding hydrogens is 501 g/mol. The molecule has 3 aromatic rings. The molecule has 37 heavy (non-hydrogen) atoms. The molecule has 1 aromatic heterocycles. The van der Waals surface area contributed by atoms with Crippen LogP contribution in [0.25, 0.3) is 0 Å². The van der Waals surface area contributed by atoms with Crippen LogP contribution in [-0.2, 0) is 11.3 Å². The first-order valence-electron chi connectivity index (χ1n) is 11.1. The van der Waals surface area contributed by atoms with Crippen LogP contribution >= 0.6 is 11.5 Å². The zero-order valence-corrected chi connectivity index (χ0v) is 21.6. The maximum atomic E-state index is 13.9. The summed E-state index contributed by atoms with van der Waals surface area (Å²) in [5.41, 5.74) is 11.1. The Morgan fingerprint density at radius 3 is 2.38 bits per heavy atom. The average molecular weight is 530 g/mol. The van der Waals surface area contributed by atoms with Gasteiger partial charge in [-0.05, 0) is 67.7 Å². The second-order valence-corrected chi connectivity index (χ2v) is 10.0. The lowest BCUT2D eigenvalue weighted by Gasteiger charge is -2.34. The summed E-state index contributed by atoms with van der Waals surface area (Å²) in [6, 6.07) is 8.46.